The van der Waals surface area contributed by atoms with Gasteiger partial charge in [0, 0.05) is 6.07 Å². The van der Waals surface area contributed by atoms with Crippen molar-refractivity contribution in [1.29, 1.82) is 0 Å². The molecule has 0 aliphatic carbocycles. The van der Waals surface area contributed by atoms with Crippen LogP contribution in [0.3, 0.4) is 0 Å². The molecule has 5 heteroatoms. The van der Waals surface area contributed by atoms with Gasteiger partial charge in [-0.15, -0.1) is 15.0 Å². The number of aryl methyl sites for hydroxylation is 2. The lowest BCUT2D eigenvalue weighted by atomic mass is 10.0. The van der Waals surface area contributed by atoms with Gasteiger partial charge in [-0.2, -0.15) is 0 Å². The van der Waals surface area contributed by atoms with Gasteiger partial charge in [0.05, 0.1) is 6.61 Å². The molecule has 0 amide bonds. The van der Waals surface area contributed by atoms with Crippen LogP contribution < -0.4 is 4.74 Å². The minimum Gasteiger partial charge on any atom is -0.505 e. The van der Waals surface area contributed by atoms with Crippen molar-refractivity contribution < 1.29 is 9.84 Å². The van der Waals surface area contributed by atoms with Crippen molar-refractivity contribution >= 4 is 11.0 Å². The second-order valence-corrected chi connectivity index (χ2v) is 6.96. The van der Waals surface area contributed by atoms with Crippen LogP contribution in [0.4, 0.5) is 0 Å². The number of phenolic OH excluding ortho intramolecular Hbond substituents is 1. The van der Waals surface area contributed by atoms with Crippen molar-refractivity contribution in [3.8, 4) is 17.2 Å². The highest BCUT2D eigenvalue weighted by atomic mass is 16.5. The van der Waals surface area contributed by atoms with Crippen LogP contribution >= 0.6 is 0 Å². The molecule has 0 aliphatic heterocycles. The molecule has 2 aromatic carbocycles. The summed E-state index contributed by atoms with van der Waals surface area (Å²) < 4.78 is 5.77. The standard InChI is InChI=1S/C22H29N3O2/c1-4-7-12-27-18-10-11-19-20(15-18)24-25(23-19)21-14-16(8-5-2)13-17(9-6-3)22(21)26/h10-11,13-15,26H,4-9,12H2,1-3H3. The van der Waals surface area contributed by atoms with E-state index in [9.17, 15) is 5.11 Å². The minimum absolute atomic E-state index is 0.274. The van der Waals surface area contributed by atoms with Crippen LogP contribution in [0.25, 0.3) is 16.7 Å². The zero-order valence-electron chi connectivity index (χ0n) is 16.5. The highest BCUT2D eigenvalue weighted by Crippen LogP contribution is 2.30. The maximum absolute atomic E-state index is 10.8. The fraction of sp³-hybridized carbons (Fsp3) is 0.455. The fourth-order valence-electron chi connectivity index (χ4n) is 3.21. The van der Waals surface area contributed by atoms with Crippen LogP contribution in [0.2, 0.25) is 0 Å². The zero-order valence-corrected chi connectivity index (χ0v) is 16.5. The maximum Gasteiger partial charge on any atom is 0.146 e. The molecule has 27 heavy (non-hydrogen) atoms. The molecule has 0 saturated heterocycles. The molecule has 0 bridgehead atoms. The van der Waals surface area contributed by atoms with Gasteiger partial charge in [0.2, 0.25) is 0 Å². The maximum atomic E-state index is 10.8. The molecule has 0 saturated carbocycles. The summed E-state index contributed by atoms with van der Waals surface area (Å²) in [5, 5.41) is 19.9. The molecular formula is C22H29N3O2. The molecule has 1 aromatic heterocycles. The first-order valence-corrected chi connectivity index (χ1v) is 10.0. The predicted molar refractivity (Wildman–Crippen MR) is 109 cm³/mol. The molecule has 1 N–H and O–H groups in total. The van der Waals surface area contributed by atoms with E-state index in [4.69, 9.17) is 4.74 Å². The van der Waals surface area contributed by atoms with Gasteiger partial charge in [0.15, 0.2) is 0 Å². The number of unbranched alkanes of at least 4 members (excludes halogenated alkanes) is 1. The average molecular weight is 367 g/mol. The van der Waals surface area contributed by atoms with E-state index in [0.717, 1.165) is 60.9 Å². The van der Waals surface area contributed by atoms with Crippen LogP contribution in [-0.4, -0.2) is 26.7 Å². The Balaban J connectivity index is 1.98. The van der Waals surface area contributed by atoms with Crippen LogP contribution in [0.15, 0.2) is 30.3 Å². The first-order chi connectivity index (χ1) is 13.2. The Labute approximate surface area is 161 Å². The lowest BCUT2D eigenvalue weighted by Gasteiger charge is -2.11. The quantitative estimate of drug-likeness (QED) is 0.527. The summed E-state index contributed by atoms with van der Waals surface area (Å²) in [5.41, 5.74) is 4.37. The number of ether oxygens (including phenoxy) is 1. The Morgan fingerprint density at radius 3 is 2.44 bits per heavy atom. The normalized spacial score (nSPS) is 11.2. The molecule has 144 valence electrons. The van der Waals surface area contributed by atoms with Crippen molar-refractivity contribution in [3.05, 3.63) is 41.5 Å². The molecule has 0 radical (unpaired) electrons. The summed E-state index contributed by atoms with van der Waals surface area (Å²) in [6.45, 7) is 7.12. The van der Waals surface area contributed by atoms with Crippen molar-refractivity contribution in [2.75, 3.05) is 6.61 Å². The van der Waals surface area contributed by atoms with Crippen molar-refractivity contribution in [3.63, 3.8) is 0 Å². The van der Waals surface area contributed by atoms with E-state index >= 15 is 0 Å². The lowest BCUT2D eigenvalue weighted by molar-refractivity contribution is 0.310. The van der Waals surface area contributed by atoms with E-state index in [-0.39, 0.29) is 5.75 Å². The van der Waals surface area contributed by atoms with E-state index in [2.05, 4.69) is 37.0 Å². The molecule has 0 atom stereocenters. The van der Waals surface area contributed by atoms with Crippen LogP contribution in [0, 0.1) is 0 Å². The number of benzene rings is 2. The van der Waals surface area contributed by atoms with Gasteiger partial charge in [0.25, 0.3) is 0 Å². The Morgan fingerprint density at radius 2 is 1.70 bits per heavy atom. The summed E-state index contributed by atoms with van der Waals surface area (Å²) >= 11 is 0. The van der Waals surface area contributed by atoms with Gasteiger partial charge >= 0.3 is 0 Å². The predicted octanol–water partition coefficient (Wildman–Crippen LogP) is 5.21. The van der Waals surface area contributed by atoms with Gasteiger partial charge in [-0.05, 0) is 48.6 Å². The largest absolute Gasteiger partial charge is 0.505 e. The first kappa shape index (κ1) is 19.2. The molecule has 0 aliphatic rings. The fourth-order valence-corrected chi connectivity index (χ4v) is 3.21. The number of hydrogen-bond donors (Lipinski definition) is 1. The molecule has 0 spiro atoms. The van der Waals surface area contributed by atoms with Crippen molar-refractivity contribution in [2.45, 2.75) is 59.3 Å². The summed E-state index contributed by atoms with van der Waals surface area (Å²) in [6, 6.07) is 9.85. The lowest BCUT2D eigenvalue weighted by Crippen LogP contribution is -2.03. The van der Waals surface area contributed by atoms with E-state index < -0.39 is 0 Å². The first-order valence-electron chi connectivity index (χ1n) is 10.0. The summed E-state index contributed by atoms with van der Waals surface area (Å²) in [4.78, 5) is 1.55. The summed E-state index contributed by atoms with van der Waals surface area (Å²) in [6.07, 6.45) is 5.99. The Kier molecular flexibility index (Phi) is 6.32. The Hall–Kier alpha value is -2.56. The van der Waals surface area contributed by atoms with E-state index in [1.165, 1.54) is 5.56 Å². The highest BCUT2D eigenvalue weighted by Gasteiger charge is 2.14. The third-order valence-electron chi connectivity index (χ3n) is 4.62. The van der Waals surface area contributed by atoms with Gasteiger partial charge < -0.3 is 9.84 Å². The van der Waals surface area contributed by atoms with Gasteiger partial charge in [-0.3, -0.25) is 0 Å². The molecule has 0 fully saturated rings. The average Bonchev–Trinajstić information content (AvgIpc) is 3.08. The van der Waals surface area contributed by atoms with Crippen LogP contribution in [0.1, 0.15) is 57.6 Å². The highest BCUT2D eigenvalue weighted by molar-refractivity contribution is 5.76. The molecule has 1 heterocycles. The molecular weight excluding hydrogens is 338 g/mol. The number of aromatic nitrogens is 3. The van der Waals surface area contributed by atoms with Crippen LogP contribution in [-0.2, 0) is 12.8 Å². The third-order valence-corrected chi connectivity index (χ3v) is 4.62. The number of aromatic hydroxyl groups is 1. The van der Waals surface area contributed by atoms with E-state index in [1.807, 2.05) is 24.3 Å². The van der Waals surface area contributed by atoms with E-state index in [1.54, 1.807) is 4.80 Å². The van der Waals surface area contributed by atoms with Crippen LogP contribution in [0.5, 0.6) is 11.5 Å². The number of nitrogens with zero attached hydrogens (tertiary/aromatic N) is 3. The molecule has 3 aromatic rings. The number of rotatable bonds is 9. The Morgan fingerprint density at radius 1 is 0.926 bits per heavy atom. The van der Waals surface area contributed by atoms with E-state index in [0.29, 0.717) is 12.3 Å². The monoisotopic (exact) mass is 367 g/mol. The van der Waals surface area contributed by atoms with Gasteiger partial charge in [-0.25, -0.2) is 0 Å². The second kappa shape index (κ2) is 8.89. The molecule has 3 rings (SSSR count). The van der Waals surface area contributed by atoms with Gasteiger partial charge in [-0.1, -0.05) is 46.1 Å². The summed E-state index contributed by atoms with van der Waals surface area (Å²) in [7, 11) is 0. The summed E-state index contributed by atoms with van der Waals surface area (Å²) in [5.74, 6) is 1.08. The molecule has 0 unspecified atom stereocenters. The number of phenols is 1. The second-order valence-electron chi connectivity index (χ2n) is 6.96. The third kappa shape index (κ3) is 4.41. The minimum atomic E-state index is 0.274. The smallest absolute Gasteiger partial charge is 0.146 e. The number of hydrogen-bond acceptors (Lipinski definition) is 4. The zero-order chi connectivity index (χ0) is 19.2. The Bertz CT molecular complexity index is 902. The number of fused-ring (bicyclic) bond motifs is 1. The molecule has 5 nitrogen and oxygen atoms in total. The van der Waals surface area contributed by atoms with Crippen molar-refractivity contribution in [2.24, 2.45) is 0 Å². The SMILES string of the molecule is CCCCOc1ccc2nn(-c3cc(CCC)cc(CCC)c3O)nc2c1. The topological polar surface area (TPSA) is 60.2 Å². The van der Waals surface area contributed by atoms with Gasteiger partial charge in [0.1, 0.15) is 28.2 Å². The van der Waals surface area contributed by atoms with Crippen molar-refractivity contribution in [1.82, 2.24) is 15.0 Å².